The molecule has 0 amide bonds. The first-order valence-corrected chi connectivity index (χ1v) is 6.26. The van der Waals surface area contributed by atoms with Crippen LogP contribution in [0.4, 0.5) is 0 Å². The van der Waals surface area contributed by atoms with E-state index in [9.17, 15) is 9.59 Å². The summed E-state index contributed by atoms with van der Waals surface area (Å²) >= 11 is 0. The van der Waals surface area contributed by atoms with Gasteiger partial charge in [-0.3, -0.25) is 9.59 Å². The third-order valence-corrected chi connectivity index (χ3v) is 3.55. The number of carbonyl (C=O) groups is 2. The lowest BCUT2D eigenvalue weighted by Gasteiger charge is -2.29. The van der Waals surface area contributed by atoms with Gasteiger partial charge >= 0.3 is 11.9 Å². The fourth-order valence-electron chi connectivity index (χ4n) is 1.67. The molecule has 0 spiro atoms. The molecule has 0 aliphatic rings. The van der Waals surface area contributed by atoms with Crippen LogP contribution in [-0.4, -0.2) is 25.7 Å². The summed E-state index contributed by atoms with van der Waals surface area (Å²) in [5.74, 6) is -0.704. The van der Waals surface area contributed by atoms with Gasteiger partial charge in [-0.15, -0.1) is 0 Å². The van der Waals surface area contributed by atoms with E-state index in [-0.39, 0.29) is 30.2 Å². The van der Waals surface area contributed by atoms with Crippen LogP contribution in [0, 0.1) is 5.41 Å². The molecule has 0 aliphatic heterocycles. The maximum Gasteiger partial charge on any atom is 0.306 e. The Bertz CT molecular complexity index is 236. The molecule has 17 heavy (non-hydrogen) atoms. The highest BCUT2D eigenvalue weighted by molar-refractivity contribution is 5.77. The Morgan fingerprint density at radius 2 is 1.41 bits per heavy atom. The number of carbonyl (C=O) groups excluding carboxylic acids is 2. The minimum absolute atomic E-state index is 0.0843. The Hall–Kier alpha value is -1.06. The first-order chi connectivity index (χ1) is 8.03. The van der Waals surface area contributed by atoms with E-state index in [1.807, 2.05) is 0 Å². The second kappa shape index (κ2) is 8.09. The van der Waals surface area contributed by atoms with Crippen LogP contribution in [0.2, 0.25) is 0 Å². The van der Waals surface area contributed by atoms with Gasteiger partial charge in [-0.1, -0.05) is 20.8 Å². The smallest absolute Gasteiger partial charge is 0.306 e. The van der Waals surface area contributed by atoms with Crippen molar-refractivity contribution in [1.82, 2.24) is 0 Å². The molecular formula is C13H24O4. The fraction of sp³-hybridized carbons (Fsp3) is 0.846. The SMILES string of the molecule is CCC(CC)(CC)COC(=O)CCC(=O)OC. The molecule has 0 N–H and O–H groups in total. The van der Waals surface area contributed by atoms with E-state index in [0.29, 0.717) is 6.61 Å². The molecule has 0 bridgehead atoms. The number of methoxy groups -OCH3 is 1. The largest absolute Gasteiger partial charge is 0.469 e. The highest BCUT2D eigenvalue weighted by Crippen LogP contribution is 2.30. The summed E-state index contributed by atoms with van der Waals surface area (Å²) in [5, 5.41) is 0. The van der Waals surface area contributed by atoms with E-state index in [2.05, 4.69) is 25.5 Å². The third-order valence-electron chi connectivity index (χ3n) is 3.55. The van der Waals surface area contributed by atoms with Gasteiger partial charge in [-0.05, 0) is 19.3 Å². The van der Waals surface area contributed by atoms with Crippen molar-refractivity contribution in [2.45, 2.75) is 52.9 Å². The molecule has 0 atom stereocenters. The predicted octanol–water partition coefficient (Wildman–Crippen LogP) is 2.70. The van der Waals surface area contributed by atoms with Crippen molar-refractivity contribution in [3.63, 3.8) is 0 Å². The topological polar surface area (TPSA) is 52.6 Å². The molecule has 0 heterocycles. The van der Waals surface area contributed by atoms with E-state index >= 15 is 0 Å². The molecule has 0 unspecified atom stereocenters. The molecule has 0 aromatic carbocycles. The molecule has 4 heteroatoms. The predicted molar refractivity (Wildman–Crippen MR) is 65.5 cm³/mol. The Balaban J connectivity index is 4.01. The first kappa shape index (κ1) is 15.9. The van der Waals surface area contributed by atoms with Crippen LogP contribution in [0.25, 0.3) is 0 Å². The summed E-state index contributed by atoms with van der Waals surface area (Å²) in [6, 6.07) is 0. The molecule has 0 rings (SSSR count). The number of ether oxygens (including phenoxy) is 2. The van der Waals surface area contributed by atoms with Crippen molar-refractivity contribution < 1.29 is 19.1 Å². The molecule has 0 saturated heterocycles. The lowest BCUT2D eigenvalue weighted by molar-refractivity contribution is -0.151. The monoisotopic (exact) mass is 244 g/mol. The molecule has 4 nitrogen and oxygen atoms in total. The average molecular weight is 244 g/mol. The minimum Gasteiger partial charge on any atom is -0.469 e. The second-order valence-corrected chi connectivity index (χ2v) is 4.30. The normalized spacial score (nSPS) is 11.1. The van der Waals surface area contributed by atoms with Gasteiger partial charge in [0.05, 0.1) is 26.6 Å². The van der Waals surface area contributed by atoms with Gasteiger partial charge < -0.3 is 9.47 Å². The summed E-state index contributed by atoms with van der Waals surface area (Å²) < 4.78 is 9.69. The summed E-state index contributed by atoms with van der Waals surface area (Å²) in [6.07, 6.45) is 3.16. The zero-order valence-corrected chi connectivity index (χ0v) is 11.4. The quantitative estimate of drug-likeness (QED) is 0.616. The van der Waals surface area contributed by atoms with Crippen LogP contribution in [-0.2, 0) is 19.1 Å². The van der Waals surface area contributed by atoms with Crippen LogP contribution in [0.5, 0.6) is 0 Å². The second-order valence-electron chi connectivity index (χ2n) is 4.30. The molecule has 100 valence electrons. The maximum atomic E-state index is 11.4. The zero-order chi connectivity index (χ0) is 13.3. The minimum atomic E-state index is -0.380. The van der Waals surface area contributed by atoms with Gasteiger partial charge in [0.1, 0.15) is 0 Å². The van der Waals surface area contributed by atoms with Crippen LogP contribution in [0.1, 0.15) is 52.9 Å². The Morgan fingerprint density at radius 3 is 1.82 bits per heavy atom. The van der Waals surface area contributed by atoms with Crippen molar-refractivity contribution in [1.29, 1.82) is 0 Å². The number of esters is 2. The van der Waals surface area contributed by atoms with Crippen molar-refractivity contribution >= 4 is 11.9 Å². The zero-order valence-electron chi connectivity index (χ0n) is 11.4. The van der Waals surface area contributed by atoms with Gasteiger partial charge in [0, 0.05) is 5.41 Å². The van der Waals surface area contributed by atoms with Gasteiger partial charge in [-0.2, -0.15) is 0 Å². The van der Waals surface area contributed by atoms with Gasteiger partial charge in [0.15, 0.2) is 0 Å². The summed E-state index contributed by atoms with van der Waals surface area (Å²) in [5.41, 5.74) is 0.0843. The van der Waals surface area contributed by atoms with E-state index in [0.717, 1.165) is 19.3 Å². The summed E-state index contributed by atoms with van der Waals surface area (Å²) in [6.45, 7) is 6.76. The number of hydrogen-bond donors (Lipinski definition) is 0. The summed E-state index contributed by atoms with van der Waals surface area (Å²) in [4.78, 5) is 22.3. The van der Waals surface area contributed by atoms with Gasteiger partial charge in [-0.25, -0.2) is 0 Å². The summed E-state index contributed by atoms with van der Waals surface area (Å²) in [7, 11) is 1.31. The number of rotatable bonds is 8. The standard InChI is InChI=1S/C13H24O4/c1-5-13(6-2,7-3)10-17-12(15)9-8-11(14)16-4/h5-10H2,1-4H3. The van der Waals surface area contributed by atoms with E-state index < -0.39 is 0 Å². The Morgan fingerprint density at radius 1 is 0.941 bits per heavy atom. The third kappa shape index (κ3) is 5.71. The van der Waals surface area contributed by atoms with Crippen LogP contribution in [0.15, 0.2) is 0 Å². The molecule has 0 aliphatic carbocycles. The highest BCUT2D eigenvalue weighted by Gasteiger charge is 2.25. The van der Waals surface area contributed by atoms with Crippen LogP contribution < -0.4 is 0 Å². The van der Waals surface area contributed by atoms with Crippen LogP contribution in [0.3, 0.4) is 0 Å². The van der Waals surface area contributed by atoms with Crippen LogP contribution >= 0.6 is 0 Å². The average Bonchev–Trinajstić information content (AvgIpc) is 2.38. The maximum absolute atomic E-state index is 11.4. The molecule has 0 fully saturated rings. The lowest BCUT2D eigenvalue weighted by atomic mass is 9.81. The lowest BCUT2D eigenvalue weighted by Crippen LogP contribution is -2.26. The molecule has 0 aromatic rings. The highest BCUT2D eigenvalue weighted by atomic mass is 16.5. The molecule has 0 saturated carbocycles. The van der Waals surface area contributed by atoms with Crippen molar-refractivity contribution in [3.8, 4) is 0 Å². The molecular weight excluding hydrogens is 220 g/mol. The fourth-order valence-corrected chi connectivity index (χ4v) is 1.67. The van der Waals surface area contributed by atoms with Crippen molar-refractivity contribution in [3.05, 3.63) is 0 Å². The van der Waals surface area contributed by atoms with Crippen molar-refractivity contribution in [2.24, 2.45) is 5.41 Å². The Kier molecular flexibility index (Phi) is 7.59. The van der Waals surface area contributed by atoms with Gasteiger partial charge in [0.25, 0.3) is 0 Å². The van der Waals surface area contributed by atoms with E-state index in [1.54, 1.807) is 0 Å². The number of hydrogen-bond acceptors (Lipinski definition) is 4. The first-order valence-electron chi connectivity index (χ1n) is 6.26. The van der Waals surface area contributed by atoms with Gasteiger partial charge in [0.2, 0.25) is 0 Å². The van der Waals surface area contributed by atoms with Crippen molar-refractivity contribution in [2.75, 3.05) is 13.7 Å². The molecule has 0 aromatic heterocycles. The Labute approximate surface area is 104 Å². The molecule has 0 radical (unpaired) electrons. The van der Waals surface area contributed by atoms with E-state index in [1.165, 1.54) is 7.11 Å². The van der Waals surface area contributed by atoms with E-state index in [4.69, 9.17) is 4.74 Å².